The van der Waals surface area contributed by atoms with E-state index in [1.54, 1.807) is 0 Å². The Balaban J connectivity index is 1.32. The molecule has 2 saturated heterocycles. The molecule has 2 heterocycles. The Hall–Kier alpha value is -0.0800. The molecule has 0 unspecified atom stereocenters. The SMILES string of the molecule is CCCCCCCCCCCCCCCN1CCC(CCC2CCN(C)CC2)CC1. The van der Waals surface area contributed by atoms with Crippen LogP contribution in [0.2, 0.25) is 0 Å². The van der Waals surface area contributed by atoms with E-state index in [9.17, 15) is 0 Å². The van der Waals surface area contributed by atoms with Crippen LogP contribution in [0.5, 0.6) is 0 Å². The summed E-state index contributed by atoms with van der Waals surface area (Å²) in [7, 11) is 2.28. The van der Waals surface area contributed by atoms with Gasteiger partial charge in [0.25, 0.3) is 0 Å². The molecule has 2 rings (SSSR count). The molecule has 2 aliphatic heterocycles. The van der Waals surface area contributed by atoms with E-state index in [1.165, 1.54) is 155 Å². The second kappa shape index (κ2) is 17.5. The highest BCUT2D eigenvalue weighted by Crippen LogP contribution is 2.28. The van der Waals surface area contributed by atoms with E-state index >= 15 is 0 Å². The van der Waals surface area contributed by atoms with Crippen LogP contribution in [0.4, 0.5) is 0 Å². The number of nitrogens with zero attached hydrogens (tertiary/aromatic N) is 2. The van der Waals surface area contributed by atoms with Crippen molar-refractivity contribution in [2.24, 2.45) is 11.8 Å². The molecule has 0 spiro atoms. The summed E-state index contributed by atoms with van der Waals surface area (Å²) >= 11 is 0. The van der Waals surface area contributed by atoms with Gasteiger partial charge in [-0.05, 0) is 83.7 Å². The van der Waals surface area contributed by atoms with Crippen LogP contribution in [-0.2, 0) is 0 Å². The van der Waals surface area contributed by atoms with Crippen molar-refractivity contribution in [3.8, 4) is 0 Å². The zero-order chi connectivity index (χ0) is 21.3. The van der Waals surface area contributed by atoms with Gasteiger partial charge in [0.2, 0.25) is 0 Å². The zero-order valence-electron chi connectivity index (χ0n) is 21.0. The van der Waals surface area contributed by atoms with Gasteiger partial charge in [0, 0.05) is 0 Å². The van der Waals surface area contributed by atoms with Gasteiger partial charge in [-0.2, -0.15) is 0 Å². The van der Waals surface area contributed by atoms with Gasteiger partial charge in [-0.1, -0.05) is 96.8 Å². The molecule has 0 bridgehead atoms. The summed E-state index contributed by atoms with van der Waals surface area (Å²) in [6.45, 7) is 9.12. The van der Waals surface area contributed by atoms with Gasteiger partial charge in [0.15, 0.2) is 0 Å². The summed E-state index contributed by atoms with van der Waals surface area (Å²) < 4.78 is 0. The van der Waals surface area contributed by atoms with E-state index < -0.39 is 0 Å². The summed E-state index contributed by atoms with van der Waals surface area (Å²) in [5, 5.41) is 0. The Kier molecular flexibility index (Phi) is 15.2. The quantitative estimate of drug-likeness (QED) is 0.220. The third-order valence-electron chi connectivity index (χ3n) is 8.11. The number of hydrogen-bond acceptors (Lipinski definition) is 2. The molecule has 2 aliphatic rings. The molecule has 0 aromatic carbocycles. The first-order chi connectivity index (χ1) is 14.8. The van der Waals surface area contributed by atoms with Crippen LogP contribution in [-0.4, -0.2) is 49.6 Å². The van der Waals surface area contributed by atoms with Crippen molar-refractivity contribution >= 4 is 0 Å². The minimum absolute atomic E-state index is 1.03. The van der Waals surface area contributed by atoms with Crippen LogP contribution in [0.1, 0.15) is 129 Å². The van der Waals surface area contributed by atoms with Crippen molar-refractivity contribution in [1.82, 2.24) is 9.80 Å². The molecule has 0 atom stereocenters. The lowest BCUT2D eigenvalue weighted by molar-refractivity contribution is 0.159. The molecular formula is C28H56N2. The number of hydrogen-bond donors (Lipinski definition) is 0. The molecule has 0 aromatic heterocycles. The maximum absolute atomic E-state index is 2.77. The molecule has 178 valence electrons. The smallest absolute Gasteiger partial charge is 0.00161 e. The second-order valence-electron chi connectivity index (χ2n) is 10.9. The van der Waals surface area contributed by atoms with Crippen molar-refractivity contribution < 1.29 is 0 Å². The van der Waals surface area contributed by atoms with E-state index in [0.29, 0.717) is 0 Å². The van der Waals surface area contributed by atoms with Crippen LogP contribution >= 0.6 is 0 Å². The maximum Gasteiger partial charge on any atom is -0.00161 e. The highest BCUT2D eigenvalue weighted by Gasteiger charge is 2.21. The minimum Gasteiger partial charge on any atom is -0.306 e. The molecule has 0 radical (unpaired) electrons. The van der Waals surface area contributed by atoms with Crippen molar-refractivity contribution in [2.45, 2.75) is 129 Å². The highest BCUT2D eigenvalue weighted by atomic mass is 15.1. The molecule has 30 heavy (non-hydrogen) atoms. The molecule has 2 nitrogen and oxygen atoms in total. The van der Waals surface area contributed by atoms with Gasteiger partial charge < -0.3 is 9.80 Å². The Morgan fingerprint density at radius 3 is 1.40 bits per heavy atom. The predicted octanol–water partition coefficient (Wildman–Crippen LogP) is 7.91. The number of unbranched alkanes of at least 4 members (excludes halogenated alkanes) is 12. The van der Waals surface area contributed by atoms with E-state index in [-0.39, 0.29) is 0 Å². The standard InChI is InChI=1S/C28H56N2/c1-3-4-5-6-7-8-9-10-11-12-13-14-15-22-30-25-20-28(21-26-30)17-16-27-18-23-29(2)24-19-27/h27-28H,3-26H2,1-2H3. The first kappa shape index (κ1) is 26.2. The molecule has 0 amide bonds. The molecule has 0 aliphatic carbocycles. The third kappa shape index (κ3) is 12.7. The Morgan fingerprint density at radius 1 is 0.533 bits per heavy atom. The largest absolute Gasteiger partial charge is 0.306 e. The monoisotopic (exact) mass is 420 g/mol. The number of likely N-dealkylation sites (tertiary alicyclic amines) is 2. The minimum atomic E-state index is 1.03. The fourth-order valence-corrected chi connectivity index (χ4v) is 5.67. The van der Waals surface area contributed by atoms with Crippen LogP contribution in [0.3, 0.4) is 0 Å². The maximum atomic E-state index is 2.77. The molecule has 2 heteroatoms. The van der Waals surface area contributed by atoms with Crippen LogP contribution in [0, 0.1) is 11.8 Å². The fraction of sp³-hybridized carbons (Fsp3) is 1.00. The molecular weight excluding hydrogens is 364 g/mol. The zero-order valence-corrected chi connectivity index (χ0v) is 21.0. The second-order valence-corrected chi connectivity index (χ2v) is 10.9. The molecule has 0 aromatic rings. The van der Waals surface area contributed by atoms with Crippen molar-refractivity contribution in [3.63, 3.8) is 0 Å². The average Bonchev–Trinajstić information content (AvgIpc) is 2.77. The van der Waals surface area contributed by atoms with E-state index in [0.717, 1.165) is 11.8 Å². The Morgan fingerprint density at radius 2 is 0.933 bits per heavy atom. The lowest BCUT2D eigenvalue weighted by atomic mass is 9.85. The average molecular weight is 421 g/mol. The van der Waals surface area contributed by atoms with E-state index in [4.69, 9.17) is 0 Å². The molecule has 0 N–H and O–H groups in total. The first-order valence-electron chi connectivity index (χ1n) is 14.2. The first-order valence-corrected chi connectivity index (χ1v) is 14.2. The van der Waals surface area contributed by atoms with Gasteiger partial charge in [-0.25, -0.2) is 0 Å². The van der Waals surface area contributed by atoms with Crippen molar-refractivity contribution in [2.75, 3.05) is 39.8 Å². The summed E-state index contributed by atoms with van der Waals surface area (Å²) in [6.07, 6.45) is 27.9. The normalized spacial score (nSPS) is 20.2. The van der Waals surface area contributed by atoms with Crippen molar-refractivity contribution in [3.05, 3.63) is 0 Å². The van der Waals surface area contributed by atoms with Gasteiger partial charge >= 0.3 is 0 Å². The lowest BCUT2D eigenvalue weighted by Crippen LogP contribution is -2.35. The van der Waals surface area contributed by atoms with Crippen molar-refractivity contribution in [1.29, 1.82) is 0 Å². The summed E-state index contributed by atoms with van der Waals surface area (Å²) in [6, 6.07) is 0. The van der Waals surface area contributed by atoms with Gasteiger partial charge in [0.05, 0.1) is 0 Å². The molecule has 2 fully saturated rings. The Labute approximate surface area is 190 Å². The topological polar surface area (TPSA) is 6.48 Å². The predicted molar refractivity (Wildman–Crippen MR) is 134 cm³/mol. The highest BCUT2D eigenvalue weighted by molar-refractivity contribution is 4.76. The third-order valence-corrected chi connectivity index (χ3v) is 8.11. The molecule has 0 saturated carbocycles. The van der Waals surface area contributed by atoms with Crippen LogP contribution in [0.25, 0.3) is 0 Å². The fourth-order valence-electron chi connectivity index (χ4n) is 5.67. The summed E-state index contributed by atoms with van der Waals surface area (Å²) in [5.41, 5.74) is 0. The van der Waals surface area contributed by atoms with Gasteiger partial charge in [-0.3, -0.25) is 0 Å². The lowest BCUT2D eigenvalue weighted by Gasteiger charge is -2.34. The summed E-state index contributed by atoms with van der Waals surface area (Å²) in [4.78, 5) is 5.27. The Bertz CT molecular complexity index is 367. The van der Waals surface area contributed by atoms with Gasteiger partial charge in [-0.15, -0.1) is 0 Å². The van der Waals surface area contributed by atoms with E-state index in [2.05, 4.69) is 23.8 Å². The van der Waals surface area contributed by atoms with E-state index in [1.807, 2.05) is 0 Å². The van der Waals surface area contributed by atoms with Crippen LogP contribution < -0.4 is 0 Å². The summed E-state index contributed by atoms with van der Waals surface area (Å²) in [5.74, 6) is 2.07. The number of piperidine rings is 2. The van der Waals surface area contributed by atoms with Crippen LogP contribution in [0.15, 0.2) is 0 Å². The number of rotatable bonds is 17. The van der Waals surface area contributed by atoms with Gasteiger partial charge in [0.1, 0.15) is 0 Å².